The first kappa shape index (κ1) is 16.5. The molecule has 132 valence electrons. The van der Waals surface area contributed by atoms with Crippen LogP contribution in [-0.4, -0.2) is 59.4 Å². The normalized spacial score (nSPS) is 29.5. The summed E-state index contributed by atoms with van der Waals surface area (Å²) in [6.07, 6.45) is 4.00. The van der Waals surface area contributed by atoms with Crippen molar-refractivity contribution in [3.63, 3.8) is 0 Å². The number of carbonyl (C=O) groups excluding carboxylic acids is 1. The number of hydrogen-bond donors (Lipinski definition) is 1. The fraction of sp³-hybridized carbons (Fsp3) is 0.688. The number of rotatable bonds is 4. The van der Waals surface area contributed by atoms with E-state index >= 15 is 0 Å². The van der Waals surface area contributed by atoms with Gasteiger partial charge in [0, 0.05) is 19.6 Å². The van der Waals surface area contributed by atoms with Gasteiger partial charge in [0.05, 0.1) is 17.6 Å². The smallest absolute Gasteiger partial charge is 0.253 e. The highest BCUT2D eigenvalue weighted by atomic mass is 32.2. The van der Waals surface area contributed by atoms with Crippen molar-refractivity contribution in [2.45, 2.75) is 53.9 Å². The lowest BCUT2D eigenvalue weighted by atomic mass is 9.77. The van der Waals surface area contributed by atoms with E-state index in [1.54, 1.807) is 26.7 Å². The Balaban J connectivity index is 1.46. The summed E-state index contributed by atoms with van der Waals surface area (Å²) in [6.45, 7) is 1.55. The Bertz CT molecular complexity index is 742. The minimum absolute atomic E-state index is 0.0468. The van der Waals surface area contributed by atoms with Gasteiger partial charge in [-0.15, -0.1) is 11.3 Å². The van der Waals surface area contributed by atoms with Gasteiger partial charge in [-0.25, -0.2) is 8.42 Å². The van der Waals surface area contributed by atoms with Crippen LogP contribution in [0.15, 0.2) is 21.7 Å². The molecule has 8 heteroatoms. The molecule has 1 amide bonds. The van der Waals surface area contributed by atoms with Gasteiger partial charge in [-0.05, 0) is 43.6 Å². The Hall–Kier alpha value is -0.960. The monoisotopic (exact) mass is 370 g/mol. The standard InChI is InChI=1S/C16H22N2O4S2/c19-13(11-16(20)4-2-5-16)17-8-6-15(12-17)7-9-18(15)24(21,22)14-3-1-10-23-14/h1,3,10,20H,2,4-9,11-12H2. The van der Waals surface area contributed by atoms with Gasteiger partial charge in [0.1, 0.15) is 4.21 Å². The Morgan fingerprint density at radius 3 is 2.54 bits per heavy atom. The van der Waals surface area contributed by atoms with Crippen LogP contribution in [-0.2, 0) is 14.8 Å². The van der Waals surface area contributed by atoms with Crippen LogP contribution in [0.1, 0.15) is 38.5 Å². The third-order valence-corrected chi connectivity index (χ3v) is 9.18. The van der Waals surface area contributed by atoms with Gasteiger partial charge in [-0.2, -0.15) is 4.31 Å². The second-order valence-corrected chi connectivity index (χ2v) is 10.3. The molecule has 24 heavy (non-hydrogen) atoms. The SMILES string of the molecule is O=C(CC1(O)CCC1)N1CCC2(CCN2S(=O)(=O)c2cccs2)C1. The number of thiophene rings is 1. The van der Waals surface area contributed by atoms with E-state index in [1.165, 1.54) is 11.3 Å². The number of hydrogen-bond acceptors (Lipinski definition) is 5. The molecule has 0 bridgehead atoms. The third-order valence-electron chi connectivity index (χ3n) is 5.80. The number of carbonyl (C=O) groups is 1. The van der Waals surface area contributed by atoms with Crippen molar-refractivity contribution < 1.29 is 18.3 Å². The average Bonchev–Trinajstić information content (AvgIpc) is 3.15. The van der Waals surface area contributed by atoms with Gasteiger partial charge in [0.2, 0.25) is 5.91 Å². The van der Waals surface area contributed by atoms with Crippen molar-refractivity contribution >= 4 is 27.3 Å². The van der Waals surface area contributed by atoms with Gasteiger partial charge < -0.3 is 10.0 Å². The minimum atomic E-state index is -3.46. The highest BCUT2D eigenvalue weighted by Crippen LogP contribution is 2.44. The zero-order valence-corrected chi connectivity index (χ0v) is 15.1. The Morgan fingerprint density at radius 2 is 2.00 bits per heavy atom. The molecule has 2 saturated heterocycles. The molecule has 0 aromatic carbocycles. The Labute approximate surface area is 146 Å². The summed E-state index contributed by atoms with van der Waals surface area (Å²) in [5.74, 6) is -0.0468. The number of nitrogens with zero attached hydrogens (tertiary/aromatic N) is 2. The topological polar surface area (TPSA) is 77.9 Å². The van der Waals surface area contributed by atoms with Crippen LogP contribution in [0.5, 0.6) is 0 Å². The van der Waals surface area contributed by atoms with Crippen LogP contribution in [0.3, 0.4) is 0 Å². The predicted octanol–water partition coefficient (Wildman–Crippen LogP) is 1.42. The van der Waals surface area contributed by atoms with Crippen molar-refractivity contribution in [3.8, 4) is 0 Å². The molecule has 3 fully saturated rings. The average molecular weight is 370 g/mol. The summed E-state index contributed by atoms with van der Waals surface area (Å²) in [6, 6.07) is 3.38. The van der Waals surface area contributed by atoms with Crippen LogP contribution in [0.4, 0.5) is 0 Å². The molecule has 1 N–H and O–H groups in total. The van der Waals surface area contributed by atoms with E-state index in [-0.39, 0.29) is 12.3 Å². The molecule has 1 aromatic rings. The summed E-state index contributed by atoms with van der Waals surface area (Å²) >= 11 is 1.23. The van der Waals surface area contributed by atoms with Crippen LogP contribution in [0.25, 0.3) is 0 Å². The fourth-order valence-corrected chi connectivity index (χ4v) is 6.97. The number of likely N-dealkylation sites (tertiary alicyclic amines) is 1. The first-order valence-corrected chi connectivity index (χ1v) is 10.7. The zero-order valence-electron chi connectivity index (χ0n) is 13.5. The molecule has 0 radical (unpaired) electrons. The van der Waals surface area contributed by atoms with Gasteiger partial charge in [0.15, 0.2) is 0 Å². The van der Waals surface area contributed by atoms with Crippen molar-refractivity contribution in [3.05, 3.63) is 17.5 Å². The van der Waals surface area contributed by atoms with Gasteiger partial charge in [-0.1, -0.05) is 6.07 Å². The van der Waals surface area contributed by atoms with E-state index in [4.69, 9.17) is 0 Å². The molecule has 1 atom stereocenters. The van der Waals surface area contributed by atoms with Crippen LogP contribution >= 0.6 is 11.3 Å². The fourth-order valence-electron chi connectivity index (χ4n) is 4.05. The number of aliphatic hydroxyl groups is 1. The van der Waals surface area contributed by atoms with Crippen molar-refractivity contribution in [2.24, 2.45) is 0 Å². The molecule has 1 saturated carbocycles. The van der Waals surface area contributed by atoms with Crippen LogP contribution in [0.2, 0.25) is 0 Å². The predicted molar refractivity (Wildman–Crippen MR) is 90.2 cm³/mol. The quantitative estimate of drug-likeness (QED) is 0.869. The number of sulfonamides is 1. The first-order chi connectivity index (χ1) is 11.3. The van der Waals surface area contributed by atoms with Crippen molar-refractivity contribution in [1.29, 1.82) is 0 Å². The maximum Gasteiger partial charge on any atom is 0.253 e. The lowest BCUT2D eigenvalue weighted by Gasteiger charge is -2.49. The van der Waals surface area contributed by atoms with Gasteiger partial charge in [-0.3, -0.25) is 4.79 Å². The van der Waals surface area contributed by atoms with Crippen molar-refractivity contribution in [1.82, 2.24) is 9.21 Å². The second kappa shape index (κ2) is 5.52. The molecule has 3 heterocycles. The molecule has 3 aliphatic rings. The first-order valence-electron chi connectivity index (χ1n) is 8.41. The number of amides is 1. The maximum atomic E-state index is 12.8. The highest BCUT2D eigenvalue weighted by Gasteiger charge is 2.55. The van der Waals surface area contributed by atoms with E-state index in [2.05, 4.69) is 0 Å². The molecular weight excluding hydrogens is 348 g/mol. The molecule has 1 spiro atoms. The van der Waals surface area contributed by atoms with Crippen molar-refractivity contribution in [2.75, 3.05) is 19.6 Å². The van der Waals surface area contributed by atoms with Crippen LogP contribution in [0, 0.1) is 0 Å². The van der Waals surface area contributed by atoms with E-state index in [1.807, 2.05) is 0 Å². The molecular formula is C16H22N2O4S2. The third kappa shape index (κ3) is 2.51. The summed E-state index contributed by atoms with van der Waals surface area (Å²) in [7, 11) is -3.46. The summed E-state index contributed by atoms with van der Waals surface area (Å²) in [5, 5.41) is 12.0. The lowest BCUT2D eigenvalue weighted by molar-refractivity contribution is -0.140. The lowest BCUT2D eigenvalue weighted by Crippen LogP contribution is -2.63. The summed E-state index contributed by atoms with van der Waals surface area (Å²) < 4.78 is 27.5. The highest BCUT2D eigenvalue weighted by molar-refractivity contribution is 7.91. The zero-order chi connectivity index (χ0) is 17.0. The Kier molecular flexibility index (Phi) is 3.80. The molecule has 6 nitrogen and oxygen atoms in total. The van der Waals surface area contributed by atoms with Crippen LogP contribution < -0.4 is 0 Å². The molecule has 1 unspecified atom stereocenters. The summed E-state index contributed by atoms with van der Waals surface area (Å²) in [4.78, 5) is 14.2. The minimum Gasteiger partial charge on any atom is -0.389 e. The Morgan fingerprint density at radius 1 is 1.25 bits per heavy atom. The van der Waals surface area contributed by atoms with E-state index in [9.17, 15) is 18.3 Å². The maximum absolute atomic E-state index is 12.8. The largest absolute Gasteiger partial charge is 0.389 e. The summed E-state index contributed by atoms with van der Waals surface area (Å²) in [5.41, 5.74) is -1.27. The second-order valence-electron chi connectivity index (χ2n) is 7.30. The van der Waals surface area contributed by atoms with Gasteiger partial charge in [0.25, 0.3) is 10.0 Å². The molecule has 1 aliphatic carbocycles. The molecule has 2 aliphatic heterocycles. The molecule has 4 rings (SSSR count). The van der Waals surface area contributed by atoms with E-state index in [0.717, 1.165) is 12.8 Å². The van der Waals surface area contributed by atoms with E-state index in [0.29, 0.717) is 43.1 Å². The van der Waals surface area contributed by atoms with Gasteiger partial charge >= 0.3 is 0 Å². The molecule has 1 aromatic heterocycles. The van der Waals surface area contributed by atoms with E-state index < -0.39 is 21.2 Å².